The molecule has 0 heterocycles. The number of nitrogens with one attached hydrogen (secondary N) is 1. The van der Waals surface area contributed by atoms with Gasteiger partial charge in [-0.15, -0.1) is 0 Å². The molecule has 0 spiro atoms. The maximum Gasteiger partial charge on any atom is 0.401 e. The van der Waals surface area contributed by atoms with E-state index in [-0.39, 0.29) is 5.54 Å². The molecule has 0 saturated heterocycles. The van der Waals surface area contributed by atoms with Gasteiger partial charge in [-0.05, 0) is 19.8 Å². The van der Waals surface area contributed by atoms with Crippen LogP contribution in [-0.2, 0) is 0 Å². The Morgan fingerprint density at radius 3 is 2.17 bits per heavy atom. The molecule has 0 aromatic heterocycles. The van der Waals surface area contributed by atoms with Crippen molar-refractivity contribution in [1.29, 1.82) is 0 Å². The quantitative estimate of drug-likeness (QED) is 0.690. The molecule has 0 bridgehead atoms. The highest BCUT2D eigenvalue weighted by Gasteiger charge is 2.34. The summed E-state index contributed by atoms with van der Waals surface area (Å²) >= 11 is 0. The zero-order valence-corrected chi connectivity index (χ0v) is 7.17. The molecule has 0 aromatic carbocycles. The lowest BCUT2D eigenvalue weighted by Crippen LogP contribution is -2.44. The topological polar surface area (TPSA) is 12.0 Å². The molecular weight excluding hydrogens is 167 g/mol. The van der Waals surface area contributed by atoms with Crippen LogP contribution in [-0.4, -0.2) is 18.3 Å². The fourth-order valence-corrected chi connectivity index (χ4v) is 1.65. The second-order valence-corrected chi connectivity index (χ2v) is 3.74. The van der Waals surface area contributed by atoms with Crippen molar-refractivity contribution in [1.82, 2.24) is 5.32 Å². The second kappa shape index (κ2) is 3.24. The Labute approximate surface area is 70.3 Å². The Hall–Kier alpha value is -0.250. The van der Waals surface area contributed by atoms with Crippen LogP contribution in [0.5, 0.6) is 0 Å². The van der Waals surface area contributed by atoms with E-state index in [2.05, 4.69) is 5.32 Å². The summed E-state index contributed by atoms with van der Waals surface area (Å²) in [6.07, 6.45) is -0.263. The Bertz CT molecular complexity index is 147. The highest BCUT2D eigenvalue weighted by molar-refractivity contribution is 4.88. The Kier molecular flexibility index (Phi) is 2.66. The van der Waals surface area contributed by atoms with E-state index in [1.807, 2.05) is 6.92 Å². The van der Waals surface area contributed by atoms with Crippen molar-refractivity contribution in [2.75, 3.05) is 6.54 Å². The Morgan fingerprint density at radius 1 is 1.25 bits per heavy atom. The summed E-state index contributed by atoms with van der Waals surface area (Å²) in [6, 6.07) is 0. The van der Waals surface area contributed by atoms with Crippen LogP contribution in [0.1, 0.15) is 32.6 Å². The van der Waals surface area contributed by atoms with E-state index in [0.717, 1.165) is 25.7 Å². The zero-order valence-electron chi connectivity index (χ0n) is 7.17. The smallest absolute Gasteiger partial charge is 0.303 e. The molecule has 0 radical (unpaired) electrons. The molecule has 0 unspecified atom stereocenters. The molecular formula is C8H14F3N. The molecule has 1 fully saturated rings. The van der Waals surface area contributed by atoms with Crippen molar-refractivity contribution in [3.8, 4) is 0 Å². The summed E-state index contributed by atoms with van der Waals surface area (Å²) in [6.45, 7) is 1.01. The molecule has 72 valence electrons. The third kappa shape index (κ3) is 3.01. The molecule has 0 aromatic rings. The summed E-state index contributed by atoms with van der Waals surface area (Å²) in [5.74, 6) is 0. The van der Waals surface area contributed by atoms with E-state index in [4.69, 9.17) is 0 Å². The highest BCUT2D eigenvalue weighted by Crippen LogP contribution is 2.29. The minimum atomic E-state index is -4.08. The molecule has 1 aliphatic carbocycles. The number of hydrogen-bond acceptors (Lipinski definition) is 1. The van der Waals surface area contributed by atoms with E-state index in [1.54, 1.807) is 0 Å². The SMILES string of the molecule is CC1(NCC(F)(F)F)CCCC1. The normalized spacial score (nSPS) is 23.0. The first kappa shape index (κ1) is 9.84. The number of alkyl halides is 3. The first-order valence-corrected chi connectivity index (χ1v) is 4.23. The van der Waals surface area contributed by atoms with Gasteiger partial charge in [0.25, 0.3) is 0 Å². The molecule has 1 nitrogen and oxygen atoms in total. The molecule has 1 rings (SSSR count). The van der Waals surface area contributed by atoms with Crippen molar-refractivity contribution < 1.29 is 13.2 Å². The fraction of sp³-hybridized carbons (Fsp3) is 1.00. The number of rotatable bonds is 2. The van der Waals surface area contributed by atoms with Crippen LogP contribution >= 0.6 is 0 Å². The lowest BCUT2D eigenvalue weighted by molar-refractivity contribution is -0.128. The first-order valence-electron chi connectivity index (χ1n) is 4.23. The maximum absolute atomic E-state index is 11.8. The maximum atomic E-state index is 11.8. The van der Waals surface area contributed by atoms with Gasteiger partial charge >= 0.3 is 6.18 Å². The van der Waals surface area contributed by atoms with Crippen LogP contribution in [0.15, 0.2) is 0 Å². The van der Waals surface area contributed by atoms with Gasteiger partial charge in [-0.25, -0.2) is 0 Å². The van der Waals surface area contributed by atoms with E-state index in [1.165, 1.54) is 0 Å². The van der Waals surface area contributed by atoms with Crippen molar-refractivity contribution in [2.24, 2.45) is 0 Å². The summed E-state index contributed by atoms with van der Waals surface area (Å²) in [5, 5.41) is 2.57. The van der Waals surface area contributed by atoms with Crippen molar-refractivity contribution in [3.05, 3.63) is 0 Å². The lowest BCUT2D eigenvalue weighted by atomic mass is 10.0. The average molecular weight is 181 g/mol. The predicted molar refractivity (Wildman–Crippen MR) is 40.9 cm³/mol. The minimum Gasteiger partial charge on any atom is -0.303 e. The van der Waals surface area contributed by atoms with Gasteiger partial charge in [0.15, 0.2) is 0 Å². The molecule has 4 heteroatoms. The van der Waals surface area contributed by atoms with Crippen LogP contribution in [0, 0.1) is 0 Å². The average Bonchev–Trinajstić information content (AvgIpc) is 2.32. The van der Waals surface area contributed by atoms with E-state index in [0.29, 0.717) is 0 Å². The van der Waals surface area contributed by atoms with Gasteiger partial charge in [-0.2, -0.15) is 13.2 Å². The van der Waals surface area contributed by atoms with E-state index < -0.39 is 12.7 Å². The summed E-state index contributed by atoms with van der Waals surface area (Å²) in [5.41, 5.74) is -0.268. The van der Waals surface area contributed by atoms with Gasteiger partial charge in [0, 0.05) is 5.54 Å². The number of halogens is 3. The largest absolute Gasteiger partial charge is 0.401 e. The van der Waals surface area contributed by atoms with Crippen molar-refractivity contribution in [2.45, 2.75) is 44.3 Å². The molecule has 1 aliphatic rings. The Balaban J connectivity index is 2.30. The molecule has 0 amide bonds. The summed E-state index contributed by atoms with van der Waals surface area (Å²) in [7, 11) is 0. The molecule has 12 heavy (non-hydrogen) atoms. The van der Waals surface area contributed by atoms with Crippen LogP contribution in [0.25, 0.3) is 0 Å². The van der Waals surface area contributed by atoms with Crippen molar-refractivity contribution >= 4 is 0 Å². The van der Waals surface area contributed by atoms with Gasteiger partial charge < -0.3 is 5.32 Å². The fourth-order valence-electron chi connectivity index (χ4n) is 1.65. The van der Waals surface area contributed by atoms with E-state index >= 15 is 0 Å². The van der Waals surface area contributed by atoms with Crippen molar-refractivity contribution in [3.63, 3.8) is 0 Å². The third-order valence-corrected chi connectivity index (χ3v) is 2.42. The highest BCUT2D eigenvalue weighted by atomic mass is 19.4. The van der Waals surface area contributed by atoms with Gasteiger partial charge in [-0.3, -0.25) is 0 Å². The molecule has 0 aliphatic heterocycles. The zero-order chi connectivity index (χ0) is 9.24. The minimum absolute atomic E-state index is 0.268. The second-order valence-electron chi connectivity index (χ2n) is 3.74. The third-order valence-electron chi connectivity index (χ3n) is 2.42. The van der Waals surface area contributed by atoms with Gasteiger partial charge in [0.05, 0.1) is 6.54 Å². The van der Waals surface area contributed by atoms with Crippen LogP contribution in [0.2, 0.25) is 0 Å². The molecule has 0 atom stereocenters. The predicted octanol–water partition coefficient (Wildman–Crippen LogP) is 2.47. The van der Waals surface area contributed by atoms with Gasteiger partial charge in [0.2, 0.25) is 0 Å². The lowest BCUT2D eigenvalue weighted by Gasteiger charge is -2.25. The monoisotopic (exact) mass is 181 g/mol. The van der Waals surface area contributed by atoms with Gasteiger partial charge in [0.1, 0.15) is 0 Å². The van der Waals surface area contributed by atoms with Crippen LogP contribution < -0.4 is 5.32 Å². The molecule has 1 N–H and O–H groups in total. The summed E-state index contributed by atoms with van der Waals surface area (Å²) in [4.78, 5) is 0. The first-order chi connectivity index (χ1) is 5.41. The van der Waals surface area contributed by atoms with Crippen LogP contribution in [0.3, 0.4) is 0 Å². The Morgan fingerprint density at radius 2 is 1.75 bits per heavy atom. The summed E-state index contributed by atoms with van der Waals surface area (Å²) < 4.78 is 35.4. The standard InChI is InChI=1S/C8H14F3N/c1-7(4-2-3-5-7)12-6-8(9,10)11/h12H,2-6H2,1H3. The number of hydrogen-bond donors (Lipinski definition) is 1. The van der Waals surface area contributed by atoms with E-state index in [9.17, 15) is 13.2 Å². The van der Waals surface area contributed by atoms with Gasteiger partial charge in [-0.1, -0.05) is 12.8 Å². The van der Waals surface area contributed by atoms with Crippen LogP contribution in [0.4, 0.5) is 13.2 Å². The molecule has 1 saturated carbocycles.